The smallest absolute Gasteiger partial charge is 0.0233 e. The Labute approximate surface area is 151 Å². The van der Waals surface area contributed by atoms with Crippen molar-refractivity contribution in [3.8, 4) is 0 Å². The van der Waals surface area contributed by atoms with Crippen LogP contribution in [0.1, 0.15) is 104 Å². The average Bonchev–Trinajstić information content (AvgIpc) is 2.64. The van der Waals surface area contributed by atoms with Gasteiger partial charge in [-0.05, 0) is 108 Å². The van der Waals surface area contributed by atoms with Gasteiger partial charge >= 0.3 is 0 Å². The van der Waals surface area contributed by atoms with Gasteiger partial charge in [-0.25, -0.2) is 0 Å². The average molecular weight is 329 g/mol. The molecule has 3 aliphatic carbocycles. The first-order chi connectivity index (χ1) is 11.8. The van der Waals surface area contributed by atoms with Crippen LogP contribution in [-0.4, -0.2) is 0 Å². The molecular weight excluding hydrogens is 288 g/mol. The van der Waals surface area contributed by atoms with Gasteiger partial charge in [-0.2, -0.15) is 0 Å². The number of hydrogen-bond acceptors (Lipinski definition) is 0. The van der Waals surface area contributed by atoms with Crippen LogP contribution in [0.3, 0.4) is 0 Å². The van der Waals surface area contributed by atoms with E-state index in [9.17, 15) is 0 Å². The van der Waals surface area contributed by atoms with Crippen LogP contribution in [0.25, 0.3) is 0 Å². The van der Waals surface area contributed by atoms with Gasteiger partial charge in [-0.15, -0.1) is 0 Å². The fourth-order valence-corrected chi connectivity index (χ4v) is 5.97. The summed E-state index contributed by atoms with van der Waals surface area (Å²) in [6, 6.07) is 0. The Bertz CT molecular complexity index is 413. The van der Waals surface area contributed by atoms with E-state index in [1.807, 2.05) is 11.1 Å². The zero-order valence-corrected chi connectivity index (χ0v) is 16.4. The van der Waals surface area contributed by atoms with Gasteiger partial charge < -0.3 is 0 Å². The third-order valence-corrected chi connectivity index (χ3v) is 7.49. The highest BCUT2D eigenvalue weighted by Crippen LogP contribution is 2.44. The molecule has 0 bridgehead atoms. The molecule has 3 saturated carbocycles. The number of rotatable bonds is 4. The van der Waals surface area contributed by atoms with E-state index in [1.54, 1.807) is 0 Å². The molecule has 136 valence electrons. The van der Waals surface area contributed by atoms with Gasteiger partial charge in [-0.3, -0.25) is 0 Å². The standard InChI is InChI=1S/C24H40/c1-3-5-19-7-11-21(12-8-19)23-15-17-24(18-16-23)22-13-9-20(6-4-2)10-14-22/h3,5,19-21,23H,4,6-18H2,1-2H3/b5-3+,24-22?. The van der Waals surface area contributed by atoms with E-state index < -0.39 is 0 Å². The summed E-state index contributed by atoms with van der Waals surface area (Å²) in [6.07, 6.45) is 25.3. The third kappa shape index (κ3) is 4.77. The molecule has 24 heavy (non-hydrogen) atoms. The van der Waals surface area contributed by atoms with Crippen LogP contribution < -0.4 is 0 Å². The summed E-state index contributed by atoms with van der Waals surface area (Å²) < 4.78 is 0. The summed E-state index contributed by atoms with van der Waals surface area (Å²) >= 11 is 0. The summed E-state index contributed by atoms with van der Waals surface area (Å²) in [4.78, 5) is 0. The van der Waals surface area contributed by atoms with E-state index in [4.69, 9.17) is 0 Å². The topological polar surface area (TPSA) is 0 Å². The van der Waals surface area contributed by atoms with E-state index in [0.717, 1.165) is 23.7 Å². The largest absolute Gasteiger partial charge is 0.0914 e. The first-order valence-electron chi connectivity index (χ1n) is 11.1. The summed E-state index contributed by atoms with van der Waals surface area (Å²) in [5.41, 5.74) is 3.81. The first-order valence-corrected chi connectivity index (χ1v) is 11.1. The Kier molecular flexibility index (Phi) is 7.05. The monoisotopic (exact) mass is 328 g/mol. The minimum absolute atomic E-state index is 0.894. The van der Waals surface area contributed by atoms with Crippen molar-refractivity contribution in [3.63, 3.8) is 0 Å². The first kappa shape index (κ1) is 18.3. The molecule has 3 fully saturated rings. The van der Waals surface area contributed by atoms with E-state index >= 15 is 0 Å². The molecule has 0 aromatic rings. The maximum Gasteiger partial charge on any atom is -0.0233 e. The second-order valence-corrected chi connectivity index (χ2v) is 8.98. The zero-order valence-electron chi connectivity index (χ0n) is 16.4. The van der Waals surface area contributed by atoms with Gasteiger partial charge in [0.1, 0.15) is 0 Å². The Morgan fingerprint density at radius 2 is 1.29 bits per heavy atom. The molecule has 0 atom stereocenters. The predicted molar refractivity (Wildman–Crippen MR) is 106 cm³/mol. The van der Waals surface area contributed by atoms with Crippen molar-refractivity contribution in [2.24, 2.45) is 23.7 Å². The molecule has 0 saturated heterocycles. The normalized spacial score (nSPS) is 35.6. The Balaban J connectivity index is 1.44. The molecule has 0 unspecified atom stereocenters. The van der Waals surface area contributed by atoms with Crippen LogP contribution in [0.15, 0.2) is 23.3 Å². The maximum atomic E-state index is 2.45. The van der Waals surface area contributed by atoms with Gasteiger partial charge in [0.2, 0.25) is 0 Å². The van der Waals surface area contributed by atoms with Crippen LogP contribution in [0.4, 0.5) is 0 Å². The minimum atomic E-state index is 0.894. The van der Waals surface area contributed by atoms with Gasteiger partial charge in [0.05, 0.1) is 0 Å². The fourth-order valence-electron chi connectivity index (χ4n) is 5.97. The summed E-state index contributed by atoms with van der Waals surface area (Å²) in [7, 11) is 0. The van der Waals surface area contributed by atoms with Crippen LogP contribution >= 0.6 is 0 Å². The number of hydrogen-bond donors (Lipinski definition) is 0. The van der Waals surface area contributed by atoms with Gasteiger partial charge in [0, 0.05) is 0 Å². The van der Waals surface area contributed by atoms with Gasteiger partial charge in [0.25, 0.3) is 0 Å². The van der Waals surface area contributed by atoms with Crippen LogP contribution in [0, 0.1) is 23.7 Å². The van der Waals surface area contributed by atoms with Gasteiger partial charge in [0.15, 0.2) is 0 Å². The second-order valence-electron chi connectivity index (χ2n) is 8.98. The fraction of sp³-hybridized carbons (Fsp3) is 0.833. The van der Waals surface area contributed by atoms with Crippen LogP contribution in [-0.2, 0) is 0 Å². The molecule has 0 N–H and O–H groups in total. The molecule has 0 heteroatoms. The Morgan fingerprint density at radius 3 is 1.83 bits per heavy atom. The molecule has 0 radical (unpaired) electrons. The lowest BCUT2D eigenvalue weighted by atomic mass is 9.69. The van der Waals surface area contributed by atoms with Crippen LogP contribution in [0.2, 0.25) is 0 Å². The SMILES string of the molecule is C/C=C/C1CCC(C2CCC(=C3CCC(CCC)CC3)CC2)CC1. The summed E-state index contributed by atoms with van der Waals surface area (Å²) in [5.74, 6) is 4.05. The van der Waals surface area contributed by atoms with E-state index in [-0.39, 0.29) is 0 Å². The molecule has 0 aromatic carbocycles. The molecule has 0 amide bonds. The third-order valence-electron chi connectivity index (χ3n) is 7.49. The molecule has 0 heterocycles. The molecule has 0 spiro atoms. The van der Waals surface area contributed by atoms with Crippen LogP contribution in [0.5, 0.6) is 0 Å². The lowest BCUT2D eigenvalue weighted by Gasteiger charge is -2.37. The van der Waals surface area contributed by atoms with Crippen molar-refractivity contribution in [1.29, 1.82) is 0 Å². The summed E-state index contributed by atoms with van der Waals surface area (Å²) in [6.45, 7) is 4.53. The van der Waals surface area contributed by atoms with Crippen molar-refractivity contribution in [2.45, 2.75) is 104 Å². The quantitative estimate of drug-likeness (QED) is 0.461. The van der Waals surface area contributed by atoms with Crippen molar-refractivity contribution in [3.05, 3.63) is 23.3 Å². The maximum absolute atomic E-state index is 2.45. The highest BCUT2D eigenvalue weighted by Gasteiger charge is 2.29. The van der Waals surface area contributed by atoms with E-state index in [1.165, 1.54) is 89.9 Å². The van der Waals surface area contributed by atoms with E-state index in [0.29, 0.717) is 0 Å². The van der Waals surface area contributed by atoms with E-state index in [2.05, 4.69) is 26.0 Å². The molecule has 0 aromatic heterocycles. The summed E-state index contributed by atoms with van der Waals surface area (Å²) in [5, 5.41) is 0. The molecule has 0 aliphatic heterocycles. The Morgan fingerprint density at radius 1 is 0.750 bits per heavy atom. The van der Waals surface area contributed by atoms with Crippen molar-refractivity contribution in [2.75, 3.05) is 0 Å². The lowest BCUT2D eigenvalue weighted by Crippen LogP contribution is -2.24. The van der Waals surface area contributed by atoms with Crippen molar-refractivity contribution >= 4 is 0 Å². The second kappa shape index (κ2) is 9.25. The molecule has 3 aliphatic rings. The molecule has 3 rings (SSSR count). The van der Waals surface area contributed by atoms with Gasteiger partial charge in [-0.1, -0.05) is 43.1 Å². The zero-order chi connectivity index (χ0) is 16.8. The predicted octanol–water partition coefficient (Wildman–Crippen LogP) is 7.85. The number of allylic oxidation sites excluding steroid dienone is 4. The molecular formula is C24H40. The lowest BCUT2D eigenvalue weighted by molar-refractivity contribution is 0.192. The van der Waals surface area contributed by atoms with Crippen molar-refractivity contribution in [1.82, 2.24) is 0 Å². The highest BCUT2D eigenvalue weighted by molar-refractivity contribution is 5.18. The Hall–Kier alpha value is -0.520. The minimum Gasteiger partial charge on any atom is -0.0914 e. The van der Waals surface area contributed by atoms with Crippen molar-refractivity contribution < 1.29 is 0 Å². The highest BCUT2D eigenvalue weighted by atomic mass is 14.3. The molecule has 0 nitrogen and oxygen atoms in total.